The van der Waals surface area contributed by atoms with Crippen molar-refractivity contribution in [1.82, 2.24) is 0 Å². The van der Waals surface area contributed by atoms with Gasteiger partial charge in [0.15, 0.2) is 11.5 Å². The average Bonchev–Trinajstić information content (AvgIpc) is 2.75. The number of hydrogen-bond donors (Lipinski definition) is 3. The molecule has 1 heterocycles. The summed E-state index contributed by atoms with van der Waals surface area (Å²) in [6.07, 6.45) is 4.28. The molecule has 0 atom stereocenters. The number of aliphatic hydroxyl groups is 1. The lowest BCUT2D eigenvalue weighted by Crippen LogP contribution is -2.08. The molecule has 170 valence electrons. The van der Waals surface area contributed by atoms with Crippen molar-refractivity contribution in [3.8, 4) is 23.0 Å². The second-order valence-corrected chi connectivity index (χ2v) is 7.89. The van der Waals surface area contributed by atoms with Crippen molar-refractivity contribution in [3.63, 3.8) is 0 Å². The van der Waals surface area contributed by atoms with Crippen molar-refractivity contribution in [2.45, 2.75) is 33.6 Å². The van der Waals surface area contributed by atoms with Gasteiger partial charge in [-0.25, -0.2) is 0 Å². The van der Waals surface area contributed by atoms with Crippen molar-refractivity contribution < 1.29 is 29.2 Å². The Labute approximate surface area is 185 Å². The van der Waals surface area contributed by atoms with Crippen molar-refractivity contribution in [3.05, 3.63) is 56.8 Å². The molecule has 0 aliphatic rings. The van der Waals surface area contributed by atoms with Crippen molar-refractivity contribution in [1.29, 1.82) is 0 Å². The number of ether oxygens (including phenoxy) is 2. The number of fused-ring (bicyclic) bond motifs is 2. The summed E-state index contributed by atoms with van der Waals surface area (Å²) >= 11 is 0. The third-order valence-corrected chi connectivity index (χ3v) is 5.37. The minimum atomic E-state index is -0.430. The molecule has 3 rings (SSSR count). The van der Waals surface area contributed by atoms with Gasteiger partial charge in [-0.3, -0.25) is 4.79 Å². The van der Waals surface area contributed by atoms with Crippen molar-refractivity contribution >= 4 is 21.9 Å². The van der Waals surface area contributed by atoms with Gasteiger partial charge in [0.25, 0.3) is 0 Å². The Morgan fingerprint density at radius 1 is 0.969 bits per heavy atom. The lowest BCUT2D eigenvalue weighted by atomic mass is 9.98. The minimum Gasteiger partial charge on any atom is -0.507 e. The first-order chi connectivity index (χ1) is 15.2. The van der Waals surface area contributed by atoms with E-state index in [1.54, 1.807) is 19.1 Å². The van der Waals surface area contributed by atoms with Gasteiger partial charge < -0.3 is 29.2 Å². The highest BCUT2D eigenvalue weighted by molar-refractivity contribution is 5.97. The molecule has 7 heteroatoms. The Hall–Kier alpha value is -3.45. The van der Waals surface area contributed by atoms with Gasteiger partial charge in [0.1, 0.15) is 28.1 Å². The fraction of sp³-hybridized carbons (Fsp3) is 0.320. The molecule has 3 aromatic rings. The van der Waals surface area contributed by atoms with Gasteiger partial charge in [0.2, 0.25) is 5.43 Å². The van der Waals surface area contributed by atoms with E-state index in [0.29, 0.717) is 23.3 Å². The number of aromatic hydroxyl groups is 2. The Kier molecular flexibility index (Phi) is 6.79. The zero-order valence-corrected chi connectivity index (χ0v) is 18.9. The summed E-state index contributed by atoms with van der Waals surface area (Å²) in [5.74, 6) is 0.160. The molecular formula is C25H28O7. The lowest BCUT2D eigenvalue weighted by molar-refractivity contribution is 0.331. The third-order valence-electron chi connectivity index (χ3n) is 5.37. The Morgan fingerprint density at radius 2 is 1.62 bits per heavy atom. The van der Waals surface area contributed by atoms with Gasteiger partial charge in [-0.05, 0) is 33.6 Å². The highest BCUT2D eigenvalue weighted by Crippen LogP contribution is 2.41. The molecule has 0 aliphatic carbocycles. The van der Waals surface area contributed by atoms with Crippen molar-refractivity contribution in [2.75, 3.05) is 20.8 Å². The number of phenolic OH excluding ortho intramolecular Hbond substituents is 2. The van der Waals surface area contributed by atoms with E-state index in [2.05, 4.69) is 0 Å². The summed E-state index contributed by atoms with van der Waals surface area (Å²) in [5, 5.41) is 31.0. The lowest BCUT2D eigenvalue weighted by Gasteiger charge is -2.15. The number of hydrogen-bond acceptors (Lipinski definition) is 7. The highest BCUT2D eigenvalue weighted by Gasteiger charge is 2.23. The van der Waals surface area contributed by atoms with Gasteiger partial charge in [-0.2, -0.15) is 0 Å². The van der Waals surface area contributed by atoms with Gasteiger partial charge in [-0.1, -0.05) is 23.3 Å². The molecular weight excluding hydrogens is 412 g/mol. The van der Waals surface area contributed by atoms with E-state index in [1.165, 1.54) is 20.3 Å². The number of allylic oxidation sites excluding steroid dienone is 3. The van der Waals surface area contributed by atoms with E-state index in [9.17, 15) is 20.1 Å². The van der Waals surface area contributed by atoms with Gasteiger partial charge in [-0.15, -0.1) is 0 Å². The zero-order chi connectivity index (χ0) is 23.6. The van der Waals surface area contributed by atoms with Crippen LogP contribution in [0.15, 0.2) is 44.6 Å². The monoisotopic (exact) mass is 440 g/mol. The molecule has 0 aliphatic heterocycles. The van der Waals surface area contributed by atoms with Crippen molar-refractivity contribution in [2.24, 2.45) is 0 Å². The van der Waals surface area contributed by atoms with Crippen LogP contribution in [-0.2, 0) is 12.8 Å². The number of methoxy groups -OCH3 is 2. The number of aliphatic hydroxyl groups excluding tert-OH is 1. The number of phenols is 2. The van der Waals surface area contributed by atoms with Crippen LogP contribution in [0.4, 0.5) is 0 Å². The van der Waals surface area contributed by atoms with Crippen LogP contribution in [0.3, 0.4) is 0 Å². The fourth-order valence-electron chi connectivity index (χ4n) is 3.66. The van der Waals surface area contributed by atoms with Gasteiger partial charge >= 0.3 is 0 Å². The summed E-state index contributed by atoms with van der Waals surface area (Å²) in [6, 6.07) is 2.89. The minimum absolute atomic E-state index is 0.0227. The maximum Gasteiger partial charge on any atom is 0.204 e. The summed E-state index contributed by atoms with van der Waals surface area (Å²) < 4.78 is 16.7. The summed E-state index contributed by atoms with van der Waals surface area (Å²) in [4.78, 5) is 13.6. The standard InChI is InChI=1S/C25H28O7/c1-13(2)6-8-16-21-19(10-17(27)25(16)31-5)32-20-11-18(30-4)15(9-7-14(3)12-26)23(28)22(20)24(21)29/h6-7,10-11,26-28H,8-9,12H2,1-5H3/b14-7-. The van der Waals surface area contributed by atoms with Crippen LogP contribution in [-0.4, -0.2) is 36.1 Å². The quantitative estimate of drug-likeness (QED) is 0.370. The molecule has 0 saturated carbocycles. The van der Waals surface area contributed by atoms with Gasteiger partial charge in [0.05, 0.1) is 26.2 Å². The Balaban J connectivity index is 2.43. The van der Waals surface area contributed by atoms with Crippen LogP contribution in [0.25, 0.3) is 21.9 Å². The van der Waals surface area contributed by atoms with Crippen LogP contribution < -0.4 is 14.9 Å². The second-order valence-electron chi connectivity index (χ2n) is 7.89. The predicted octanol–water partition coefficient (Wildman–Crippen LogP) is 4.36. The van der Waals surface area contributed by atoms with E-state index < -0.39 is 5.43 Å². The van der Waals surface area contributed by atoms with E-state index in [0.717, 1.165) is 11.1 Å². The number of rotatable bonds is 7. The maximum absolute atomic E-state index is 13.6. The van der Waals surface area contributed by atoms with Crippen LogP contribution in [0.2, 0.25) is 0 Å². The fourth-order valence-corrected chi connectivity index (χ4v) is 3.66. The molecule has 32 heavy (non-hydrogen) atoms. The normalized spacial score (nSPS) is 11.8. The van der Waals surface area contributed by atoms with E-state index in [1.807, 2.05) is 19.9 Å². The first kappa shape index (κ1) is 23.2. The van der Waals surface area contributed by atoms with Gasteiger partial charge in [0, 0.05) is 23.3 Å². The largest absolute Gasteiger partial charge is 0.507 e. The molecule has 0 fully saturated rings. The summed E-state index contributed by atoms with van der Waals surface area (Å²) in [5.41, 5.74) is 2.55. The Bertz CT molecular complexity index is 1290. The molecule has 0 unspecified atom stereocenters. The summed E-state index contributed by atoms with van der Waals surface area (Å²) in [6.45, 7) is 5.52. The molecule has 7 nitrogen and oxygen atoms in total. The molecule has 0 amide bonds. The zero-order valence-electron chi connectivity index (χ0n) is 18.9. The molecule has 0 bridgehead atoms. The van der Waals surface area contributed by atoms with Crippen LogP contribution in [0.1, 0.15) is 31.9 Å². The molecule has 3 N–H and O–H groups in total. The first-order valence-electron chi connectivity index (χ1n) is 10.2. The van der Waals surface area contributed by atoms with Crippen LogP contribution in [0.5, 0.6) is 23.0 Å². The topological polar surface area (TPSA) is 109 Å². The molecule has 0 radical (unpaired) electrons. The highest BCUT2D eigenvalue weighted by atomic mass is 16.5. The van der Waals surface area contributed by atoms with E-state index in [4.69, 9.17) is 13.9 Å². The maximum atomic E-state index is 13.6. The molecule has 1 aromatic heterocycles. The molecule has 0 saturated heterocycles. The second kappa shape index (κ2) is 9.36. The number of benzene rings is 2. The molecule has 0 spiro atoms. The molecule has 2 aromatic carbocycles. The Morgan fingerprint density at radius 3 is 2.22 bits per heavy atom. The smallest absolute Gasteiger partial charge is 0.204 e. The SMILES string of the molecule is COc1cc2oc3cc(O)c(OC)c(CC=C(C)C)c3c(=O)c2c(O)c1C/C=C(/C)CO. The predicted molar refractivity (Wildman–Crippen MR) is 124 cm³/mol. The third kappa shape index (κ3) is 4.16. The average molecular weight is 440 g/mol. The summed E-state index contributed by atoms with van der Waals surface area (Å²) in [7, 11) is 2.88. The van der Waals surface area contributed by atoms with E-state index >= 15 is 0 Å². The first-order valence-corrected chi connectivity index (χ1v) is 10.2. The van der Waals surface area contributed by atoms with E-state index in [-0.39, 0.29) is 52.2 Å². The van der Waals surface area contributed by atoms with Crippen LogP contribution in [0, 0.1) is 0 Å². The van der Waals surface area contributed by atoms with Crippen LogP contribution >= 0.6 is 0 Å².